The number of piperidine rings is 1. The van der Waals surface area contributed by atoms with E-state index in [1.165, 1.54) is 0 Å². The van der Waals surface area contributed by atoms with Gasteiger partial charge in [-0.05, 0) is 83.3 Å². The maximum atomic E-state index is 14.5. The summed E-state index contributed by atoms with van der Waals surface area (Å²) in [7, 11) is -3.47. The summed E-state index contributed by atoms with van der Waals surface area (Å²) in [6.45, 7) is 5.14. The van der Waals surface area contributed by atoms with Crippen LogP contribution in [-0.4, -0.2) is 58.4 Å². The molecule has 1 saturated carbocycles. The summed E-state index contributed by atoms with van der Waals surface area (Å²) in [6, 6.07) is 0.648. The smallest absolute Gasteiger partial charge is 0.238 e. The Balaban J connectivity index is 1.48. The van der Waals surface area contributed by atoms with E-state index in [1.807, 2.05) is 0 Å². The van der Waals surface area contributed by atoms with Crippen LogP contribution in [-0.2, 0) is 32.6 Å². The minimum Gasteiger partial charge on any atom is -0.598 e. The number of halogens is 3. The molecule has 2 bridgehead atoms. The zero-order chi connectivity index (χ0) is 26.4. The number of hydrogen-bond donors (Lipinski definition) is 2. The van der Waals surface area contributed by atoms with Crippen molar-refractivity contribution in [3.8, 4) is 0 Å². The second kappa shape index (κ2) is 10.4. The van der Waals surface area contributed by atoms with Gasteiger partial charge in [0.25, 0.3) is 0 Å². The van der Waals surface area contributed by atoms with Crippen LogP contribution in [0.3, 0.4) is 0 Å². The Morgan fingerprint density at radius 2 is 1.67 bits per heavy atom. The van der Waals surface area contributed by atoms with Gasteiger partial charge >= 0.3 is 0 Å². The molecule has 4 atom stereocenters. The monoisotopic (exact) mass is 549 g/mol. The van der Waals surface area contributed by atoms with Gasteiger partial charge in [-0.15, -0.1) is 4.72 Å². The highest BCUT2D eigenvalue weighted by Gasteiger charge is 2.47. The average Bonchev–Trinajstić information content (AvgIpc) is 3.61. The Hall–Kier alpha value is -1.34. The number of nitrogens with one attached hydrogen (secondary N) is 2. The number of sulfonamides is 1. The summed E-state index contributed by atoms with van der Waals surface area (Å²) in [5.41, 5.74) is -0.00218. The molecule has 202 valence electrons. The average molecular weight is 550 g/mol. The number of fused-ring (bicyclic) bond motifs is 2. The quantitative estimate of drug-likeness (QED) is 0.364. The van der Waals surface area contributed by atoms with Gasteiger partial charge in [0.15, 0.2) is 11.6 Å². The van der Waals surface area contributed by atoms with Gasteiger partial charge < -0.3 is 9.45 Å². The molecule has 1 aliphatic carbocycles. The van der Waals surface area contributed by atoms with Gasteiger partial charge in [-0.2, -0.15) is 0 Å². The Morgan fingerprint density at radius 1 is 1.08 bits per heavy atom. The first-order chi connectivity index (χ1) is 16.8. The highest BCUT2D eigenvalue weighted by atomic mass is 32.2. The second-order valence-corrected chi connectivity index (χ2v) is 15.2. The van der Waals surface area contributed by atoms with Gasteiger partial charge in [0.2, 0.25) is 15.9 Å². The lowest BCUT2D eigenvalue weighted by Gasteiger charge is -2.42. The number of hydrogen-bond acceptors (Lipinski definition) is 5. The molecular formula is C24H34F3N3O4S2. The molecule has 0 spiro atoms. The van der Waals surface area contributed by atoms with E-state index in [2.05, 4.69) is 9.44 Å². The number of carbonyl (C=O) groups is 1. The van der Waals surface area contributed by atoms with E-state index in [9.17, 15) is 30.9 Å². The fourth-order valence-electron chi connectivity index (χ4n) is 5.28. The van der Waals surface area contributed by atoms with Crippen molar-refractivity contribution in [3.63, 3.8) is 0 Å². The third-order valence-corrected chi connectivity index (χ3v) is 10.9. The van der Waals surface area contributed by atoms with E-state index < -0.39 is 54.9 Å². The van der Waals surface area contributed by atoms with Crippen molar-refractivity contribution in [3.05, 3.63) is 35.1 Å². The van der Waals surface area contributed by atoms with Crippen molar-refractivity contribution in [2.75, 3.05) is 6.54 Å². The highest BCUT2D eigenvalue weighted by Crippen LogP contribution is 2.41. The predicted octanol–water partition coefficient (Wildman–Crippen LogP) is 2.92. The normalized spacial score (nSPS) is 26.2. The molecule has 1 aromatic rings. The molecule has 1 amide bonds. The van der Waals surface area contributed by atoms with Crippen molar-refractivity contribution in [2.45, 2.75) is 93.8 Å². The maximum Gasteiger partial charge on any atom is 0.238 e. The molecule has 1 aromatic carbocycles. The number of nitrogens with zero attached hydrogens (tertiary/aromatic N) is 1. The lowest BCUT2D eigenvalue weighted by molar-refractivity contribution is -0.135. The van der Waals surface area contributed by atoms with Crippen molar-refractivity contribution in [1.29, 1.82) is 0 Å². The van der Waals surface area contributed by atoms with Gasteiger partial charge in [-0.1, -0.05) is 0 Å². The minimum atomic E-state index is -3.47. The number of carbonyl (C=O) groups excluding carboxylic acids is 1. The second-order valence-electron chi connectivity index (χ2n) is 11.2. The molecule has 36 heavy (non-hydrogen) atoms. The molecule has 0 radical (unpaired) electrons. The van der Waals surface area contributed by atoms with Crippen molar-refractivity contribution in [2.24, 2.45) is 5.92 Å². The molecule has 7 nitrogen and oxygen atoms in total. The van der Waals surface area contributed by atoms with E-state index in [4.69, 9.17) is 0 Å². The molecule has 2 aliphatic heterocycles. The molecule has 3 unspecified atom stereocenters. The van der Waals surface area contributed by atoms with Gasteiger partial charge in [0.05, 0.1) is 17.8 Å². The van der Waals surface area contributed by atoms with Crippen LogP contribution in [0, 0.1) is 23.4 Å². The lowest BCUT2D eigenvalue weighted by atomic mass is 9.82. The summed E-state index contributed by atoms with van der Waals surface area (Å²) in [5, 5.41) is -0.403. The van der Waals surface area contributed by atoms with Crippen molar-refractivity contribution in [1.82, 2.24) is 14.3 Å². The Morgan fingerprint density at radius 3 is 2.22 bits per heavy atom. The zero-order valence-corrected chi connectivity index (χ0v) is 22.4. The van der Waals surface area contributed by atoms with Gasteiger partial charge in [-0.3, -0.25) is 4.79 Å². The summed E-state index contributed by atoms with van der Waals surface area (Å²) < 4.78 is 84.0. The van der Waals surface area contributed by atoms with Gasteiger partial charge in [0.1, 0.15) is 10.6 Å². The molecule has 2 N–H and O–H groups in total. The van der Waals surface area contributed by atoms with Crippen LogP contribution in [0.4, 0.5) is 13.2 Å². The fourth-order valence-corrected chi connectivity index (χ4v) is 7.50. The minimum absolute atomic E-state index is 0.00218. The van der Waals surface area contributed by atoms with Crippen LogP contribution in [0.25, 0.3) is 0 Å². The SMILES string of the molecule is CC(C)(C)[S+]([O-])N[C@@H](Cc1cc(F)c(F)cc1F)C1CC2CCC(C1)N2C(=O)CNS(=O)(=O)C1CC1. The van der Waals surface area contributed by atoms with E-state index in [-0.39, 0.29) is 42.4 Å². The standard InChI is InChI=1S/C24H34F3N3O4S2/c1-24(2,3)35(32)29-22(11-14-10-20(26)21(27)12-19(14)25)15-8-16-4-5-17(9-15)30(16)23(31)13-28-36(33,34)18-6-7-18/h10,12,15-18,22,28-29H,4-9,11,13H2,1-3H3/t15?,16?,17?,22-,35?/m0/s1. The van der Waals surface area contributed by atoms with E-state index in [1.54, 1.807) is 25.7 Å². The van der Waals surface area contributed by atoms with E-state index in [0.29, 0.717) is 31.7 Å². The Kier molecular flexibility index (Phi) is 8.03. The van der Waals surface area contributed by atoms with Crippen LogP contribution in [0.5, 0.6) is 0 Å². The molecular weight excluding hydrogens is 515 g/mol. The van der Waals surface area contributed by atoms with Crippen LogP contribution in [0.2, 0.25) is 0 Å². The summed E-state index contributed by atoms with van der Waals surface area (Å²) in [4.78, 5) is 14.7. The van der Waals surface area contributed by atoms with Crippen LogP contribution < -0.4 is 9.44 Å². The third-order valence-electron chi connectivity index (χ3n) is 7.36. The first kappa shape index (κ1) is 27.7. The first-order valence-corrected chi connectivity index (χ1v) is 15.1. The predicted molar refractivity (Wildman–Crippen MR) is 131 cm³/mol. The van der Waals surface area contributed by atoms with Crippen LogP contribution in [0.1, 0.15) is 64.9 Å². The van der Waals surface area contributed by atoms with Crippen LogP contribution in [0.15, 0.2) is 12.1 Å². The molecule has 2 saturated heterocycles. The molecule has 12 heteroatoms. The maximum absolute atomic E-state index is 14.5. The van der Waals surface area contributed by atoms with Crippen LogP contribution >= 0.6 is 0 Å². The largest absolute Gasteiger partial charge is 0.598 e. The zero-order valence-electron chi connectivity index (χ0n) is 20.7. The summed E-state index contributed by atoms with van der Waals surface area (Å²) in [6.07, 6.45) is 3.88. The highest BCUT2D eigenvalue weighted by molar-refractivity contribution is 7.91. The number of benzene rings is 1. The first-order valence-electron chi connectivity index (χ1n) is 12.4. The molecule has 4 rings (SSSR count). The summed E-state index contributed by atoms with van der Waals surface area (Å²) in [5.74, 6) is -3.62. The Bertz CT molecular complexity index is 1080. The number of amides is 1. The molecule has 2 heterocycles. The number of rotatable bonds is 9. The fraction of sp³-hybridized carbons (Fsp3) is 0.708. The molecule has 0 aromatic heterocycles. The third kappa shape index (κ3) is 6.20. The Labute approximate surface area is 213 Å². The summed E-state index contributed by atoms with van der Waals surface area (Å²) >= 11 is -1.49. The lowest BCUT2D eigenvalue weighted by Crippen LogP contribution is -2.55. The van der Waals surface area contributed by atoms with Crippen molar-refractivity contribution < 1.29 is 30.9 Å². The topological polar surface area (TPSA) is 102 Å². The van der Waals surface area contributed by atoms with E-state index >= 15 is 0 Å². The van der Waals surface area contributed by atoms with Gasteiger partial charge in [0, 0.05) is 29.5 Å². The van der Waals surface area contributed by atoms with Gasteiger partial charge in [-0.25, -0.2) is 26.3 Å². The molecule has 3 aliphatic rings. The van der Waals surface area contributed by atoms with Crippen molar-refractivity contribution >= 4 is 27.3 Å². The molecule has 3 fully saturated rings. The van der Waals surface area contributed by atoms with E-state index in [0.717, 1.165) is 18.9 Å².